The molecule has 4 amide bonds. The summed E-state index contributed by atoms with van der Waals surface area (Å²) >= 11 is 1.27. The van der Waals surface area contributed by atoms with Gasteiger partial charge >= 0.3 is 6.03 Å². The molecule has 0 bridgehead atoms. The van der Waals surface area contributed by atoms with Crippen molar-refractivity contribution in [2.75, 3.05) is 37.4 Å². The molecule has 5 rings (SSSR count). The van der Waals surface area contributed by atoms with Crippen LogP contribution in [0.4, 0.5) is 16.2 Å². The molecule has 0 radical (unpaired) electrons. The van der Waals surface area contributed by atoms with Gasteiger partial charge in [0.1, 0.15) is 6.10 Å². The van der Waals surface area contributed by atoms with Crippen LogP contribution in [0.15, 0.2) is 72.8 Å². The number of para-hydroxylation sites is 3. The van der Waals surface area contributed by atoms with Gasteiger partial charge < -0.3 is 30.3 Å². The zero-order valence-corrected chi connectivity index (χ0v) is 24.4. The Bertz CT molecular complexity index is 1560. The van der Waals surface area contributed by atoms with Gasteiger partial charge in [-0.05, 0) is 43.3 Å². The van der Waals surface area contributed by atoms with Crippen molar-refractivity contribution in [2.45, 2.75) is 26.0 Å². The monoisotopic (exact) mass is 587 g/mol. The number of benzene rings is 3. The Hall–Kier alpha value is -4.48. The number of likely N-dealkylation sites (N-methyl/N-ethyl adjacent to an activating group) is 1. The Kier molecular flexibility index (Phi) is 8.69. The van der Waals surface area contributed by atoms with Crippen molar-refractivity contribution in [3.63, 3.8) is 0 Å². The maximum Gasteiger partial charge on any atom is 0.321 e. The van der Waals surface area contributed by atoms with Gasteiger partial charge in [0.05, 0.1) is 40.7 Å². The molecule has 1 aromatic heterocycles. The lowest BCUT2D eigenvalue weighted by molar-refractivity contribution is 0.0372. The number of rotatable bonds is 7. The number of thiazole rings is 1. The quantitative estimate of drug-likeness (QED) is 0.282. The molecule has 3 N–H and O–H groups in total. The molecule has 0 unspecified atom stereocenters. The van der Waals surface area contributed by atoms with Crippen molar-refractivity contribution in [1.82, 2.24) is 14.8 Å². The van der Waals surface area contributed by atoms with Crippen LogP contribution in [0, 0.1) is 5.92 Å². The first-order valence-corrected chi connectivity index (χ1v) is 14.5. The molecular weight excluding hydrogens is 554 g/mol. The first-order chi connectivity index (χ1) is 20.2. The summed E-state index contributed by atoms with van der Waals surface area (Å²) in [6.45, 7) is 4.01. The molecule has 0 spiro atoms. The first kappa shape index (κ1) is 29.0. The van der Waals surface area contributed by atoms with Crippen LogP contribution in [0.5, 0.6) is 5.75 Å². The van der Waals surface area contributed by atoms with Gasteiger partial charge in [-0.3, -0.25) is 9.59 Å². The van der Waals surface area contributed by atoms with Crippen molar-refractivity contribution < 1.29 is 24.2 Å². The van der Waals surface area contributed by atoms with Crippen LogP contribution < -0.4 is 15.4 Å². The number of carbonyl (C=O) groups excluding carboxylic acids is 3. The van der Waals surface area contributed by atoms with Gasteiger partial charge in [0.25, 0.3) is 11.8 Å². The number of anilines is 2. The van der Waals surface area contributed by atoms with Crippen molar-refractivity contribution >= 4 is 50.8 Å². The molecule has 3 atom stereocenters. The van der Waals surface area contributed by atoms with Gasteiger partial charge in [0.15, 0.2) is 10.8 Å². The highest BCUT2D eigenvalue weighted by Crippen LogP contribution is 2.35. The maximum absolute atomic E-state index is 13.7. The molecule has 11 heteroatoms. The first-order valence-electron chi connectivity index (χ1n) is 13.7. The summed E-state index contributed by atoms with van der Waals surface area (Å²) in [4.78, 5) is 47.6. The second-order valence-electron chi connectivity index (χ2n) is 10.4. The van der Waals surface area contributed by atoms with E-state index in [1.54, 1.807) is 49.2 Å². The highest BCUT2D eigenvalue weighted by atomic mass is 32.1. The summed E-state index contributed by atoms with van der Waals surface area (Å²) in [7, 11) is 1.67. The average molecular weight is 588 g/mol. The second-order valence-corrected chi connectivity index (χ2v) is 11.5. The normalized spacial score (nSPS) is 17.4. The molecule has 3 aromatic carbocycles. The molecule has 4 aromatic rings. The fourth-order valence-electron chi connectivity index (χ4n) is 4.80. The molecule has 0 saturated carbocycles. The van der Waals surface area contributed by atoms with E-state index in [2.05, 4.69) is 15.6 Å². The fraction of sp³-hybridized carbons (Fsp3) is 0.290. The van der Waals surface area contributed by atoms with E-state index in [-0.39, 0.29) is 47.3 Å². The van der Waals surface area contributed by atoms with E-state index in [1.807, 2.05) is 49.4 Å². The molecule has 42 heavy (non-hydrogen) atoms. The molecule has 1 aliphatic rings. The van der Waals surface area contributed by atoms with Gasteiger partial charge in [-0.1, -0.05) is 43.3 Å². The Morgan fingerprint density at radius 3 is 2.57 bits per heavy atom. The molecule has 2 heterocycles. The number of hydrogen-bond donors (Lipinski definition) is 3. The van der Waals surface area contributed by atoms with E-state index in [4.69, 9.17) is 4.74 Å². The van der Waals surface area contributed by atoms with Crippen molar-refractivity contribution in [2.24, 2.45) is 5.92 Å². The van der Waals surface area contributed by atoms with E-state index in [1.165, 1.54) is 16.2 Å². The Morgan fingerprint density at radius 2 is 1.83 bits per heavy atom. The highest BCUT2D eigenvalue weighted by Gasteiger charge is 2.35. The van der Waals surface area contributed by atoms with E-state index in [9.17, 15) is 19.5 Å². The lowest BCUT2D eigenvalue weighted by atomic mass is 9.99. The van der Waals surface area contributed by atoms with E-state index >= 15 is 0 Å². The minimum Gasteiger partial charge on any atom is -0.485 e. The van der Waals surface area contributed by atoms with Crippen LogP contribution in [-0.4, -0.2) is 76.6 Å². The molecular formula is C31H33N5O5S. The SMILES string of the molecule is C[C@H](CO)N1C[C@H](C)[C@H](CN(C)C(=O)Nc2ccccc2)Oc2c(NC(=O)c3nc4ccccc4s3)cccc2C1=O. The second kappa shape index (κ2) is 12.6. The molecule has 0 aliphatic carbocycles. The summed E-state index contributed by atoms with van der Waals surface area (Å²) in [6, 6.07) is 20.9. The van der Waals surface area contributed by atoms with Crippen molar-refractivity contribution in [1.29, 1.82) is 0 Å². The molecule has 0 fully saturated rings. The topological polar surface area (TPSA) is 124 Å². The predicted octanol–water partition coefficient (Wildman–Crippen LogP) is 4.93. The minimum absolute atomic E-state index is 0.203. The van der Waals surface area contributed by atoms with E-state index in [0.717, 1.165) is 10.2 Å². The number of aromatic nitrogens is 1. The van der Waals surface area contributed by atoms with Crippen LogP contribution in [0.25, 0.3) is 10.2 Å². The van der Waals surface area contributed by atoms with E-state index in [0.29, 0.717) is 17.9 Å². The predicted molar refractivity (Wildman–Crippen MR) is 163 cm³/mol. The van der Waals surface area contributed by atoms with Crippen LogP contribution in [0.2, 0.25) is 0 Å². The average Bonchev–Trinajstić information content (AvgIpc) is 3.44. The summed E-state index contributed by atoms with van der Waals surface area (Å²) in [5, 5.41) is 16.0. The number of fused-ring (bicyclic) bond motifs is 2. The zero-order valence-electron chi connectivity index (χ0n) is 23.6. The lowest BCUT2D eigenvalue weighted by Crippen LogP contribution is -2.50. The van der Waals surface area contributed by atoms with E-state index < -0.39 is 18.1 Å². The number of amides is 4. The van der Waals surface area contributed by atoms with Gasteiger partial charge in [-0.2, -0.15) is 0 Å². The standard InChI is InChI=1S/C31H33N5O5S/c1-19-16-36(20(2)18-37)30(39)22-12-9-14-24(33-28(38)29-34-23-13-7-8-15-26(23)42-29)27(22)41-25(19)17-35(3)31(40)32-21-10-5-4-6-11-21/h4-15,19-20,25,37H,16-18H2,1-3H3,(H,32,40)(H,33,38)/t19-,20+,25-/m0/s1. The number of hydrogen-bond acceptors (Lipinski definition) is 7. The summed E-state index contributed by atoms with van der Waals surface area (Å²) in [5.74, 6) is -0.757. The number of nitrogens with one attached hydrogen (secondary N) is 2. The largest absolute Gasteiger partial charge is 0.485 e. The zero-order chi connectivity index (χ0) is 29.8. The number of ether oxygens (including phenoxy) is 1. The third-order valence-corrected chi connectivity index (χ3v) is 8.29. The molecule has 10 nitrogen and oxygen atoms in total. The van der Waals surface area contributed by atoms with Crippen molar-refractivity contribution in [3.05, 3.63) is 83.4 Å². The number of nitrogens with zero attached hydrogens (tertiary/aromatic N) is 3. The fourth-order valence-corrected chi connectivity index (χ4v) is 5.66. The summed E-state index contributed by atoms with van der Waals surface area (Å²) in [5.41, 5.74) is 1.96. The Balaban J connectivity index is 1.45. The molecule has 218 valence electrons. The van der Waals surface area contributed by atoms with Crippen LogP contribution in [0.1, 0.15) is 34.0 Å². The number of urea groups is 1. The summed E-state index contributed by atoms with van der Waals surface area (Å²) < 4.78 is 7.40. The van der Waals surface area contributed by atoms with Gasteiger partial charge in [0, 0.05) is 25.2 Å². The molecule has 1 aliphatic heterocycles. The Labute approximate surface area is 247 Å². The third-order valence-electron chi connectivity index (χ3n) is 7.25. The van der Waals surface area contributed by atoms with Crippen LogP contribution in [-0.2, 0) is 0 Å². The number of aliphatic hydroxyl groups excluding tert-OH is 1. The smallest absolute Gasteiger partial charge is 0.321 e. The van der Waals surface area contributed by atoms with Gasteiger partial charge in [-0.25, -0.2) is 9.78 Å². The van der Waals surface area contributed by atoms with Crippen LogP contribution in [0.3, 0.4) is 0 Å². The van der Waals surface area contributed by atoms with Gasteiger partial charge in [-0.15, -0.1) is 11.3 Å². The summed E-state index contributed by atoms with van der Waals surface area (Å²) in [6.07, 6.45) is -0.544. The van der Waals surface area contributed by atoms with Gasteiger partial charge in [0.2, 0.25) is 0 Å². The maximum atomic E-state index is 13.7. The molecule has 0 saturated heterocycles. The number of aliphatic hydroxyl groups is 1. The van der Waals surface area contributed by atoms with Crippen molar-refractivity contribution in [3.8, 4) is 5.75 Å². The highest BCUT2D eigenvalue weighted by molar-refractivity contribution is 7.20. The lowest BCUT2D eigenvalue weighted by Gasteiger charge is -2.38. The number of carbonyl (C=O) groups is 3. The third kappa shape index (κ3) is 6.22. The Morgan fingerprint density at radius 1 is 1.10 bits per heavy atom. The van der Waals surface area contributed by atoms with Crippen LogP contribution >= 0.6 is 11.3 Å². The minimum atomic E-state index is -0.544.